The number of esters is 1. The Morgan fingerprint density at radius 2 is 1.94 bits per heavy atom. The minimum Gasteiger partial charge on any atom is -0.463 e. The Kier molecular flexibility index (Phi) is 3.55. The minimum absolute atomic E-state index is 0.305. The summed E-state index contributed by atoms with van der Waals surface area (Å²) in [4.78, 5) is 11.2. The van der Waals surface area contributed by atoms with E-state index in [4.69, 9.17) is 4.74 Å². The number of carbonyl (C=O) groups is 1. The van der Waals surface area contributed by atoms with Crippen molar-refractivity contribution < 1.29 is 9.53 Å². The van der Waals surface area contributed by atoms with Crippen LogP contribution in [0.15, 0.2) is 48.5 Å². The molecule has 0 aliphatic rings. The van der Waals surface area contributed by atoms with E-state index >= 15 is 0 Å². The smallest absolute Gasteiger partial charge is 0.330 e. The molecule has 0 aliphatic carbocycles. The van der Waals surface area contributed by atoms with Crippen LogP contribution in [0.3, 0.4) is 0 Å². The fraction of sp³-hybridized carbons (Fsp3) is 0.133. The summed E-state index contributed by atoms with van der Waals surface area (Å²) in [5, 5.41) is 2.30. The molecule has 0 saturated heterocycles. The highest BCUT2D eigenvalue weighted by Crippen LogP contribution is 2.19. The summed E-state index contributed by atoms with van der Waals surface area (Å²) in [5.74, 6) is -0.305. The second-order valence-electron chi connectivity index (χ2n) is 3.65. The Hall–Kier alpha value is -2.09. The van der Waals surface area contributed by atoms with Crippen LogP contribution in [0.5, 0.6) is 0 Å². The number of hydrogen-bond acceptors (Lipinski definition) is 2. The van der Waals surface area contributed by atoms with Gasteiger partial charge in [-0.05, 0) is 29.3 Å². The maximum atomic E-state index is 11.2. The van der Waals surface area contributed by atoms with Gasteiger partial charge < -0.3 is 4.74 Å². The van der Waals surface area contributed by atoms with Crippen molar-refractivity contribution in [2.24, 2.45) is 0 Å². The zero-order valence-electron chi connectivity index (χ0n) is 9.72. The molecule has 2 rings (SSSR count). The van der Waals surface area contributed by atoms with Gasteiger partial charge >= 0.3 is 5.97 Å². The van der Waals surface area contributed by atoms with Gasteiger partial charge in [0.15, 0.2) is 0 Å². The van der Waals surface area contributed by atoms with E-state index in [2.05, 4.69) is 12.1 Å². The molecule has 2 aromatic rings. The van der Waals surface area contributed by atoms with Crippen molar-refractivity contribution >= 4 is 22.8 Å². The van der Waals surface area contributed by atoms with Crippen molar-refractivity contribution in [1.82, 2.24) is 0 Å². The quantitative estimate of drug-likeness (QED) is 0.592. The molecule has 0 bridgehead atoms. The number of hydrogen-bond donors (Lipinski definition) is 0. The normalized spacial score (nSPS) is 10.9. The van der Waals surface area contributed by atoms with Gasteiger partial charge in [0, 0.05) is 6.08 Å². The lowest BCUT2D eigenvalue weighted by Crippen LogP contribution is -1.98. The third-order valence-electron chi connectivity index (χ3n) is 2.51. The van der Waals surface area contributed by atoms with Crippen LogP contribution in [0.25, 0.3) is 16.8 Å². The van der Waals surface area contributed by atoms with Gasteiger partial charge in [-0.25, -0.2) is 4.79 Å². The number of carbonyl (C=O) groups excluding carboxylic acids is 1. The Balaban J connectivity index is 2.33. The summed E-state index contributed by atoms with van der Waals surface area (Å²) in [6, 6.07) is 14.1. The third kappa shape index (κ3) is 2.72. The molecular formula is C15H14O2. The predicted molar refractivity (Wildman–Crippen MR) is 69.6 cm³/mol. The number of benzene rings is 2. The first-order valence-electron chi connectivity index (χ1n) is 5.64. The summed E-state index contributed by atoms with van der Waals surface area (Å²) in [6.07, 6.45) is 3.26. The fourth-order valence-corrected chi connectivity index (χ4v) is 1.74. The Labute approximate surface area is 101 Å². The fourth-order valence-electron chi connectivity index (χ4n) is 1.74. The number of fused-ring (bicyclic) bond motifs is 1. The number of rotatable bonds is 3. The molecule has 2 heteroatoms. The molecule has 0 saturated carbocycles. The van der Waals surface area contributed by atoms with Crippen LogP contribution < -0.4 is 0 Å². The predicted octanol–water partition coefficient (Wildman–Crippen LogP) is 3.42. The van der Waals surface area contributed by atoms with E-state index in [9.17, 15) is 4.79 Å². The molecule has 86 valence electrons. The highest BCUT2D eigenvalue weighted by molar-refractivity contribution is 5.94. The van der Waals surface area contributed by atoms with E-state index < -0.39 is 0 Å². The summed E-state index contributed by atoms with van der Waals surface area (Å²) < 4.78 is 4.85. The van der Waals surface area contributed by atoms with E-state index in [1.807, 2.05) is 30.3 Å². The Bertz CT molecular complexity index is 550. The average Bonchev–Trinajstić information content (AvgIpc) is 2.36. The van der Waals surface area contributed by atoms with E-state index in [1.54, 1.807) is 13.0 Å². The zero-order chi connectivity index (χ0) is 12.1. The standard InChI is InChI=1S/C15H14O2/c1-2-17-15(16)11-10-13-8-5-7-12-6-3-4-9-14(12)13/h3-11H,2H2,1H3/b11-10+. The zero-order valence-corrected chi connectivity index (χ0v) is 9.72. The van der Waals surface area contributed by atoms with Crippen LogP contribution in [0.4, 0.5) is 0 Å². The largest absolute Gasteiger partial charge is 0.463 e. The molecule has 0 aromatic heterocycles. The lowest BCUT2D eigenvalue weighted by Gasteiger charge is -2.01. The first kappa shape index (κ1) is 11.4. The van der Waals surface area contributed by atoms with E-state index in [1.165, 1.54) is 11.5 Å². The van der Waals surface area contributed by atoms with Crippen molar-refractivity contribution in [2.45, 2.75) is 6.92 Å². The summed E-state index contributed by atoms with van der Waals surface area (Å²) in [6.45, 7) is 2.20. The molecule has 0 N–H and O–H groups in total. The van der Waals surface area contributed by atoms with Gasteiger partial charge in [0.2, 0.25) is 0 Å². The second kappa shape index (κ2) is 5.30. The molecule has 0 atom stereocenters. The number of ether oxygens (including phenoxy) is 1. The van der Waals surface area contributed by atoms with Crippen molar-refractivity contribution in [1.29, 1.82) is 0 Å². The lowest BCUT2D eigenvalue weighted by molar-refractivity contribution is -0.137. The van der Waals surface area contributed by atoms with Crippen LogP contribution in [0.2, 0.25) is 0 Å². The average molecular weight is 226 g/mol. The van der Waals surface area contributed by atoms with Gasteiger partial charge in [0.05, 0.1) is 6.61 Å². The third-order valence-corrected chi connectivity index (χ3v) is 2.51. The van der Waals surface area contributed by atoms with E-state index in [0.29, 0.717) is 6.61 Å². The monoisotopic (exact) mass is 226 g/mol. The van der Waals surface area contributed by atoms with Gasteiger partial charge in [-0.3, -0.25) is 0 Å². The van der Waals surface area contributed by atoms with Crippen LogP contribution in [0.1, 0.15) is 12.5 Å². The van der Waals surface area contributed by atoms with Crippen LogP contribution in [-0.2, 0) is 9.53 Å². The first-order valence-corrected chi connectivity index (χ1v) is 5.64. The van der Waals surface area contributed by atoms with Crippen LogP contribution in [0, 0.1) is 0 Å². The van der Waals surface area contributed by atoms with Gasteiger partial charge in [0.25, 0.3) is 0 Å². The Morgan fingerprint density at radius 1 is 1.18 bits per heavy atom. The van der Waals surface area contributed by atoms with E-state index in [0.717, 1.165) is 10.9 Å². The first-order chi connectivity index (χ1) is 8.31. The maximum Gasteiger partial charge on any atom is 0.330 e. The van der Waals surface area contributed by atoms with Crippen molar-refractivity contribution in [3.8, 4) is 0 Å². The van der Waals surface area contributed by atoms with Crippen LogP contribution >= 0.6 is 0 Å². The lowest BCUT2D eigenvalue weighted by atomic mass is 10.0. The molecule has 0 unspecified atom stereocenters. The summed E-state index contributed by atoms with van der Waals surface area (Å²) >= 11 is 0. The maximum absolute atomic E-state index is 11.2. The van der Waals surface area contributed by atoms with Crippen molar-refractivity contribution in [2.75, 3.05) is 6.61 Å². The molecule has 0 fully saturated rings. The van der Waals surface area contributed by atoms with Gasteiger partial charge in [-0.15, -0.1) is 0 Å². The molecule has 2 aromatic carbocycles. The summed E-state index contributed by atoms with van der Waals surface area (Å²) in [7, 11) is 0. The molecule has 0 heterocycles. The van der Waals surface area contributed by atoms with Gasteiger partial charge in [-0.1, -0.05) is 42.5 Å². The Morgan fingerprint density at radius 3 is 2.76 bits per heavy atom. The van der Waals surface area contributed by atoms with Gasteiger partial charge in [0.1, 0.15) is 0 Å². The summed E-state index contributed by atoms with van der Waals surface area (Å²) in [5.41, 5.74) is 1.02. The molecule has 17 heavy (non-hydrogen) atoms. The second-order valence-corrected chi connectivity index (χ2v) is 3.65. The van der Waals surface area contributed by atoms with Crippen molar-refractivity contribution in [3.05, 3.63) is 54.1 Å². The van der Waals surface area contributed by atoms with E-state index in [-0.39, 0.29) is 5.97 Å². The SMILES string of the molecule is CCOC(=O)/C=C/c1cccc2ccccc12. The molecular weight excluding hydrogens is 212 g/mol. The van der Waals surface area contributed by atoms with Gasteiger partial charge in [-0.2, -0.15) is 0 Å². The topological polar surface area (TPSA) is 26.3 Å². The molecule has 0 aliphatic heterocycles. The molecule has 0 spiro atoms. The molecule has 0 radical (unpaired) electrons. The van der Waals surface area contributed by atoms with Crippen molar-refractivity contribution in [3.63, 3.8) is 0 Å². The molecule has 0 amide bonds. The highest BCUT2D eigenvalue weighted by atomic mass is 16.5. The minimum atomic E-state index is -0.305. The van der Waals surface area contributed by atoms with Crippen LogP contribution in [-0.4, -0.2) is 12.6 Å². The highest BCUT2D eigenvalue weighted by Gasteiger charge is 1.98. The molecule has 2 nitrogen and oxygen atoms in total.